The number of rotatable bonds is 1. The minimum Gasteiger partial charge on any atom is -0.264 e. The smallest absolute Gasteiger partial charge is 0.0370 e. The van der Waals surface area contributed by atoms with Crippen molar-refractivity contribution < 1.29 is 0 Å². The van der Waals surface area contributed by atoms with Crippen molar-refractivity contribution in [3.8, 4) is 0 Å². The molecule has 0 atom stereocenters. The Balaban J connectivity index is 2.41. The molecule has 2 aromatic rings. The summed E-state index contributed by atoms with van der Waals surface area (Å²) in [6.45, 7) is 4.26. The maximum Gasteiger partial charge on any atom is 0.0370 e. The second-order valence-electron chi connectivity index (χ2n) is 4.42. The van der Waals surface area contributed by atoms with Crippen molar-refractivity contribution in [1.29, 1.82) is 0 Å². The van der Waals surface area contributed by atoms with Gasteiger partial charge in [-0.05, 0) is 37.6 Å². The molecule has 0 bridgehead atoms. The van der Waals surface area contributed by atoms with Gasteiger partial charge in [0, 0.05) is 32.9 Å². The molecule has 0 saturated carbocycles. The third-order valence-electron chi connectivity index (χ3n) is 2.78. The number of benzene rings is 1. The zero-order valence-corrected chi connectivity index (χ0v) is 10.7. The van der Waals surface area contributed by atoms with E-state index in [-0.39, 0.29) is 0 Å². The lowest BCUT2D eigenvalue weighted by Gasteiger charge is -1.97. The Morgan fingerprint density at radius 2 is 2.18 bits per heavy atom. The van der Waals surface area contributed by atoms with E-state index in [0.29, 0.717) is 0 Å². The minimum absolute atomic E-state index is 1.26. The first kappa shape index (κ1) is 10.5. The Morgan fingerprint density at radius 3 is 3.00 bits per heavy atom. The van der Waals surface area contributed by atoms with E-state index in [9.17, 15) is 0 Å². The van der Waals surface area contributed by atoms with E-state index < -0.39 is 0 Å². The molecule has 1 aliphatic rings. The summed E-state index contributed by atoms with van der Waals surface area (Å²) in [7, 11) is 0. The first-order chi connectivity index (χ1) is 8.25. The second-order valence-corrected chi connectivity index (χ2v) is 5.50. The Labute approximate surface area is 105 Å². The second kappa shape index (κ2) is 3.97. The molecule has 0 spiro atoms. The van der Waals surface area contributed by atoms with Gasteiger partial charge in [-0.1, -0.05) is 17.7 Å². The molecule has 2 heteroatoms. The fourth-order valence-electron chi connectivity index (χ4n) is 2.10. The van der Waals surface area contributed by atoms with E-state index >= 15 is 0 Å². The number of hydrogen-bond donors (Lipinski definition) is 0. The standard InChI is InChI=1S/C15H13NS/c1-10(2)8-14-12-9-16-7-6-11-4-3-5-13(17-14)15(11)12/h3-9H,1-2H3. The highest BCUT2D eigenvalue weighted by Crippen LogP contribution is 2.35. The van der Waals surface area contributed by atoms with E-state index in [0.717, 1.165) is 0 Å². The van der Waals surface area contributed by atoms with Crippen LogP contribution in [-0.4, -0.2) is 6.21 Å². The molecule has 17 heavy (non-hydrogen) atoms. The van der Waals surface area contributed by atoms with Crippen molar-refractivity contribution in [2.75, 3.05) is 0 Å². The van der Waals surface area contributed by atoms with Gasteiger partial charge < -0.3 is 0 Å². The number of aliphatic imine (C=N–C) groups is 1. The zero-order valence-electron chi connectivity index (χ0n) is 9.90. The molecule has 0 amide bonds. The van der Waals surface area contributed by atoms with Gasteiger partial charge in [0.2, 0.25) is 0 Å². The Morgan fingerprint density at radius 1 is 1.29 bits per heavy atom. The average molecular weight is 239 g/mol. The molecule has 1 aliphatic heterocycles. The predicted molar refractivity (Wildman–Crippen MR) is 77.8 cm³/mol. The summed E-state index contributed by atoms with van der Waals surface area (Å²) in [6.07, 6.45) is 8.15. The van der Waals surface area contributed by atoms with Crippen molar-refractivity contribution >= 4 is 39.8 Å². The maximum atomic E-state index is 4.32. The molecule has 3 rings (SSSR count). The van der Waals surface area contributed by atoms with E-state index in [4.69, 9.17) is 0 Å². The van der Waals surface area contributed by atoms with Crippen LogP contribution < -0.4 is 0 Å². The zero-order chi connectivity index (χ0) is 11.8. The summed E-state index contributed by atoms with van der Waals surface area (Å²) in [5.74, 6) is 0. The topological polar surface area (TPSA) is 12.4 Å². The highest BCUT2D eigenvalue weighted by Gasteiger charge is 2.12. The lowest BCUT2D eigenvalue weighted by Crippen LogP contribution is -1.82. The summed E-state index contributed by atoms with van der Waals surface area (Å²) >= 11 is 1.84. The van der Waals surface area contributed by atoms with Crippen LogP contribution in [0.3, 0.4) is 0 Å². The summed E-state index contributed by atoms with van der Waals surface area (Å²) in [4.78, 5) is 5.63. The van der Waals surface area contributed by atoms with Crippen LogP contribution in [0.1, 0.15) is 29.9 Å². The average Bonchev–Trinajstić information content (AvgIpc) is 2.49. The molecule has 2 heterocycles. The molecule has 1 nitrogen and oxygen atoms in total. The van der Waals surface area contributed by atoms with E-state index in [2.05, 4.69) is 49.2 Å². The van der Waals surface area contributed by atoms with Crippen LogP contribution in [0.2, 0.25) is 0 Å². The van der Waals surface area contributed by atoms with E-state index in [1.54, 1.807) is 0 Å². The highest BCUT2D eigenvalue weighted by atomic mass is 32.1. The minimum atomic E-state index is 1.26. The van der Waals surface area contributed by atoms with Crippen LogP contribution in [0.25, 0.3) is 22.2 Å². The highest BCUT2D eigenvalue weighted by molar-refractivity contribution is 7.20. The third-order valence-corrected chi connectivity index (χ3v) is 3.89. The van der Waals surface area contributed by atoms with Crippen LogP contribution in [0, 0.1) is 0 Å². The Kier molecular flexibility index (Phi) is 2.45. The van der Waals surface area contributed by atoms with Gasteiger partial charge in [-0.15, -0.1) is 11.3 Å². The number of hydrogen-bond acceptors (Lipinski definition) is 2. The fourth-order valence-corrected chi connectivity index (χ4v) is 3.37. The van der Waals surface area contributed by atoms with Crippen LogP contribution in [0.4, 0.5) is 0 Å². The molecule has 1 aromatic heterocycles. The van der Waals surface area contributed by atoms with Gasteiger partial charge >= 0.3 is 0 Å². The van der Waals surface area contributed by atoms with Crippen LogP contribution >= 0.6 is 11.3 Å². The summed E-state index contributed by atoms with van der Waals surface area (Å²) in [5, 5.41) is 1.34. The molecule has 0 saturated heterocycles. The quantitative estimate of drug-likeness (QED) is 0.682. The van der Waals surface area contributed by atoms with E-state index in [1.807, 2.05) is 23.8 Å². The molecule has 0 aliphatic carbocycles. The van der Waals surface area contributed by atoms with Crippen molar-refractivity contribution in [1.82, 2.24) is 0 Å². The van der Waals surface area contributed by atoms with Crippen LogP contribution in [0.15, 0.2) is 35.0 Å². The van der Waals surface area contributed by atoms with Crippen molar-refractivity contribution in [3.05, 3.63) is 46.0 Å². The van der Waals surface area contributed by atoms with Crippen LogP contribution in [-0.2, 0) is 0 Å². The third kappa shape index (κ3) is 1.75. The van der Waals surface area contributed by atoms with Gasteiger partial charge in [0.05, 0.1) is 0 Å². The number of thiophene rings is 1. The van der Waals surface area contributed by atoms with Gasteiger partial charge in [0.1, 0.15) is 0 Å². The van der Waals surface area contributed by atoms with Crippen molar-refractivity contribution in [3.63, 3.8) is 0 Å². The summed E-state index contributed by atoms with van der Waals surface area (Å²) in [6, 6.07) is 6.44. The monoisotopic (exact) mass is 239 g/mol. The van der Waals surface area contributed by atoms with Gasteiger partial charge in [0.15, 0.2) is 0 Å². The molecule has 0 unspecified atom stereocenters. The lowest BCUT2D eigenvalue weighted by atomic mass is 10.1. The predicted octanol–water partition coefficient (Wildman–Crippen LogP) is 4.73. The molecule has 0 fully saturated rings. The van der Waals surface area contributed by atoms with Gasteiger partial charge in [-0.3, -0.25) is 4.99 Å². The van der Waals surface area contributed by atoms with Gasteiger partial charge in [-0.25, -0.2) is 0 Å². The largest absolute Gasteiger partial charge is 0.264 e. The SMILES string of the molecule is CC(C)=Cc1sc2cccc3c2c1C=NC=C3. The fraction of sp³-hybridized carbons (Fsp3) is 0.133. The normalized spacial score (nSPS) is 12.8. The summed E-state index contributed by atoms with van der Waals surface area (Å²) in [5.41, 5.74) is 3.84. The molecular formula is C15H13NS. The molecule has 0 radical (unpaired) electrons. The molecule has 84 valence electrons. The Hall–Kier alpha value is -1.67. The summed E-state index contributed by atoms with van der Waals surface area (Å²) < 4.78 is 1.34. The van der Waals surface area contributed by atoms with Gasteiger partial charge in [-0.2, -0.15) is 0 Å². The molecule has 0 N–H and O–H groups in total. The van der Waals surface area contributed by atoms with Crippen molar-refractivity contribution in [2.45, 2.75) is 13.8 Å². The van der Waals surface area contributed by atoms with Crippen LogP contribution in [0.5, 0.6) is 0 Å². The number of nitrogens with zero attached hydrogens (tertiary/aromatic N) is 1. The number of allylic oxidation sites excluding steroid dienone is 1. The maximum absolute atomic E-state index is 4.32. The van der Waals surface area contributed by atoms with Crippen molar-refractivity contribution in [2.24, 2.45) is 4.99 Å². The lowest BCUT2D eigenvalue weighted by molar-refractivity contribution is 1.43. The molecular weight excluding hydrogens is 226 g/mol. The first-order valence-electron chi connectivity index (χ1n) is 5.66. The van der Waals surface area contributed by atoms with Gasteiger partial charge in [0.25, 0.3) is 0 Å². The van der Waals surface area contributed by atoms with E-state index in [1.165, 1.54) is 31.7 Å². The Bertz CT molecular complexity index is 668. The molecule has 1 aromatic carbocycles. The first-order valence-corrected chi connectivity index (χ1v) is 6.47.